The Balaban J connectivity index is 3.03. The minimum Gasteiger partial charge on any atom is -0.508 e. The molecule has 0 aromatic heterocycles. The summed E-state index contributed by atoms with van der Waals surface area (Å²) in [7, 11) is 0. The number of aromatic hydroxyl groups is 1. The summed E-state index contributed by atoms with van der Waals surface area (Å²) in [5.41, 5.74) is 11.4. The molecule has 0 aliphatic carbocycles. The van der Waals surface area contributed by atoms with Crippen molar-refractivity contribution >= 4 is 41.5 Å². The van der Waals surface area contributed by atoms with Crippen LogP contribution >= 0.6 is 0 Å². The lowest BCUT2D eigenvalue weighted by Crippen LogP contribution is -2.60. The fourth-order valence-electron chi connectivity index (χ4n) is 3.85. The van der Waals surface area contributed by atoms with Gasteiger partial charge >= 0.3 is 11.9 Å². The molecule has 6 atom stereocenters. The molecule has 1 rings (SSSR count). The van der Waals surface area contributed by atoms with Crippen LogP contribution in [0.25, 0.3) is 0 Å². The van der Waals surface area contributed by atoms with E-state index in [-0.39, 0.29) is 25.0 Å². The van der Waals surface area contributed by atoms with Gasteiger partial charge in [0, 0.05) is 12.8 Å². The average Bonchev–Trinajstić information content (AvgIpc) is 2.96. The van der Waals surface area contributed by atoms with Crippen molar-refractivity contribution in [3.8, 4) is 5.75 Å². The van der Waals surface area contributed by atoms with Crippen molar-refractivity contribution in [2.45, 2.75) is 76.2 Å². The Morgan fingerprint density at radius 1 is 0.818 bits per heavy atom. The van der Waals surface area contributed by atoms with Gasteiger partial charge in [0.1, 0.15) is 29.9 Å². The highest BCUT2D eigenvalue weighted by molar-refractivity contribution is 5.97. The summed E-state index contributed by atoms with van der Waals surface area (Å²) < 4.78 is 0. The van der Waals surface area contributed by atoms with Crippen LogP contribution in [0.1, 0.15) is 45.1 Å². The topological polar surface area (TPSA) is 301 Å². The van der Waals surface area contributed by atoms with E-state index in [1.54, 1.807) is 13.8 Å². The molecule has 0 radical (unpaired) electrons. The first-order chi connectivity index (χ1) is 20.6. The van der Waals surface area contributed by atoms with E-state index >= 15 is 0 Å². The van der Waals surface area contributed by atoms with Gasteiger partial charge in [-0.3, -0.25) is 28.8 Å². The van der Waals surface area contributed by atoms with E-state index in [1.807, 2.05) is 0 Å². The first kappa shape index (κ1) is 37.3. The van der Waals surface area contributed by atoms with E-state index < -0.39 is 90.6 Å². The summed E-state index contributed by atoms with van der Waals surface area (Å²) in [5.74, 6) is -8.12. The molecule has 5 amide bonds. The number of amides is 5. The number of carboxylic acid groups (broad SMARTS) is 2. The van der Waals surface area contributed by atoms with E-state index in [9.17, 15) is 48.9 Å². The Morgan fingerprint density at radius 2 is 1.36 bits per heavy atom. The minimum absolute atomic E-state index is 0.0532. The summed E-state index contributed by atoms with van der Waals surface area (Å²) in [5, 5.41) is 46.6. The second-order valence-electron chi connectivity index (χ2n) is 10.2. The number of benzene rings is 1. The molecule has 1 aromatic rings. The van der Waals surface area contributed by atoms with Gasteiger partial charge in [0.05, 0.1) is 19.1 Å². The third-order valence-corrected chi connectivity index (χ3v) is 6.64. The van der Waals surface area contributed by atoms with Gasteiger partial charge in [-0.15, -0.1) is 0 Å². The second kappa shape index (κ2) is 18.0. The van der Waals surface area contributed by atoms with Gasteiger partial charge < -0.3 is 53.2 Å². The van der Waals surface area contributed by atoms with Crippen molar-refractivity contribution in [3.63, 3.8) is 0 Å². The van der Waals surface area contributed by atoms with Gasteiger partial charge in [0.25, 0.3) is 0 Å². The lowest BCUT2D eigenvalue weighted by molar-refractivity contribution is -0.142. The summed E-state index contributed by atoms with van der Waals surface area (Å²) >= 11 is 0. The van der Waals surface area contributed by atoms with Crippen molar-refractivity contribution in [3.05, 3.63) is 29.8 Å². The first-order valence-corrected chi connectivity index (χ1v) is 13.7. The fourth-order valence-corrected chi connectivity index (χ4v) is 3.85. The number of phenolic OH excluding ortho intramolecular Hbond substituents is 1. The van der Waals surface area contributed by atoms with Crippen molar-refractivity contribution < 1.29 is 54.0 Å². The van der Waals surface area contributed by atoms with Gasteiger partial charge in [0.2, 0.25) is 29.5 Å². The molecule has 17 heteroatoms. The van der Waals surface area contributed by atoms with Crippen LogP contribution in [0.3, 0.4) is 0 Å². The number of aliphatic hydroxyl groups is 1. The Morgan fingerprint density at radius 3 is 1.86 bits per heavy atom. The molecular formula is C27H40N6O11. The van der Waals surface area contributed by atoms with E-state index in [1.165, 1.54) is 24.3 Å². The third-order valence-electron chi connectivity index (χ3n) is 6.64. The Labute approximate surface area is 252 Å². The number of primary amides is 1. The molecule has 0 aliphatic heterocycles. The van der Waals surface area contributed by atoms with Gasteiger partial charge in [0.15, 0.2) is 0 Å². The molecule has 0 saturated carbocycles. The zero-order chi connectivity index (χ0) is 33.6. The number of aliphatic hydroxyl groups excluding tert-OH is 1. The van der Waals surface area contributed by atoms with Crippen LogP contribution in [0.5, 0.6) is 5.75 Å². The maximum absolute atomic E-state index is 13.2. The SMILES string of the molecule is CC[C@H](C)[C@H](NC(=O)[C@@H](N)CCC(=O)O)C(=O)N[C@@H](CC(N)=O)C(=O)N[C@@H](CO)C(=O)N[C@@H](Cc1ccc(O)cc1)C(=O)O. The molecule has 0 heterocycles. The average molecular weight is 625 g/mol. The molecule has 0 bridgehead atoms. The van der Waals surface area contributed by atoms with E-state index in [0.717, 1.165) is 0 Å². The standard InChI is InChI=1S/C27H40N6O11/c1-3-13(2)22(33-23(39)16(28)8-9-21(37)38)26(42)30-17(11-20(29)36)24(40)32-19(12-34)25(41)31-18(27(43)44)10-14-4-6-15(35)7-5-14/h4-7,13,16-19,22,34-35H,3,8-12,28H2,1-2H3,(H2,29,36)(H,30,42)(H,31,41)(H,32,40)(H,33,39)(H,37,38)(H,43,44)/t13-,16-,17-,18-,19-,22-/m0/s1. The maximum atomic E-state index is 13.2. The molecule has 0 fully saturated rings. The van der Waals surface area contributed by atoms with Gasteiger partial charge in [-0.2, -0.15) is 0 Å². The molecule has 244 valence electrons. The zero-order valence-electron chi connectivity index (χ0n) is 24.3. The van der Waals surface area contributed by atoms with Gasteiger partial charge in [-0.05, 0) is 30.0 Å². The largest absolute Gasteiger partial charge is 0.508 e. The van der Waals surface area contributed by atoms with Crippen molar-refractivity contribution in [1.82, 2.24) is 21.3 Å². The highest BCUT2D eigenvalue weighted by Gasteiger charge is 2.34. The monoisotopic (exact) mass is 624 g/mol. The second-order valence-corrected chi connectivity index (χ2v) is 10.2. The number of hydrogen-bond donors (Lipinski definition) is 10. The molecule has 0 spiro atoms. The van der Waals surface area contributed by atoms with Crippen LogP contribution < -0.4 is 32.7 Å². The summed E-state index contributed by atoms with van der Waals surface area (Å²) in [6, 6.07) is -1.83. The van der Waals surface area contributed by atoms with Crippen LogP contribution in [0.2, 0.25) is 0 Å². The number of aliphatic carboxylic acids is 2. The Bertz CT molecular complexity index is 1190. The smallest absolute Gasteiger partial charge is 0.326 e. The van der Waals surface area contributed by atoms with Crippen LogP contribution in [0.15, 0.2) is 24.3 Å². The van der Waals surface area contributed by atoms with Crippen LogP contribution in [0.4, 0.5) is 0 Å². The first-order valence-electron chi connectivity index (χ1n) is 13.7. The number of rotatable bonds is 19. The van der Waals surface area contributed by atoms with E-state index in [0.29, 0.717) is 12.0 Å². The molecule has 0 aliphatic rings. The van der Waals surface area contributed by atoms with Crippen LogP contribution in [0, 0.1) is 5.92 Å². The molecule has 44 heavy (non-hydrogen) atoms. The number of hydrogen-bond acceptors (Lipinski definition) is 10. The minimum atomic E-state index is -1.70. The molecule has 0 saturated heterocycles. The van der Waals surface area contributed by atoms with Crippen molar-refractivity contribution in [2.24, 2.45) is 17.4 Å². The molecule has 17 nitrogen and oxygen atoms in total. The van der Waals surface area contributed by atoms with Crippen molar-refractivity contribution in [1.29, 1.82) is 0 Å². The Hall–Kier alpha value is -4.77. The number of carbonyl (C=O) groups is 7. The molecule has 0 unspecified atom stereocenters. The number of carboxylic acids is 2. The third kappa shape index (κ3) is 12.6. The maximum Gasteiger partial charge on any atom is 0.326 e. The number of nitrogens with one attached hydrogen (secondary N) is 4. The number of carbonyl (C=O) groups excluding carboxylic acids is 5. The van der Waals surface area contributed by atoms with Crippen molar-refractivity contribution in [2.75, 3.05) is 6.61 Å². The van der Waals surface area contributed by atoms with Gasteiger partial charge in [-0.1, -0.05) is 32.4 Å². The van der Waals surface area contributed by atoms with E-state index in [4.69, 9.17) is 16.6 Å². The highest BCUT2D eigenvalue weighted by atomic mass is 16.4. The summed E-state index contributed by atoms with van der Waals surface area (Å²) in [4.78, 5) is 85.8. The molecular weight excluding hydrogens is 584 g/mol. The Kier molecular flexibility index (Phi) is 15.3. The zero-order valence-corrected chi connectivity index (χ0v) is 24.3. The number of nitrogens with two attached hydrogens (primary N) is 2. The molecule has 12 N–H and O–H groups in total. The summed E-state index contributed by atoms with van der Waals surface area (Å²) in [6.45, 7) is 2.34. The van der Waals surface area contributed by atoms with E-state index in [2.05, 4.69) is 21.3 Å². The van der Waals surface area contributed by atoms with Crippen LogP contribution in [-0.2, 0) is 40.0 Å². The van der Waals surface area contributed by atoms with Crippen LogP contribution in [-0.4, -0.2) is 98.7 Å². The lowest BCUT2D eigenvalue weighted by Gasteiger charge is -2.28. The summed E-state index contributed by atoms with van der Waals surface area (Å²) in [6.07, 6.45) is -1.16. The fraction of sp³-hybridized carbons (Fsp3) is 0.519. The van der Waals surface area contributed by atoms with Gasteiger partial charge in [-0.25, -0.2) is 4.79 Å². The molecule has 1 aromatic carbocycles. The normalized spacial score (nSPS) is 14.9. The lowest BCUT2D eigenvalue weighted by atomic mass is 9.97. The highest BCUT2D eigenvalue weighted by Crippen LogP contribution is 2.12. The number of phenols is 1. The predicted molar refractivity (Wildman–Crippen MR) is 152 cm³/mol. The predicted octanol–water partition coefficient (Wildman–Crippen LogP) is -2.94. The quantitative estimate of drug-likeness (QED) is 0.0739.